The number of aromatic nitrogens is 1. The van der Waals surface area contributed by atoms with Crippen LogP contribution in [0.4, 0.5) is 5.69 Å². The number of methoxy groups -OCH3 is 1. The smallest absolute Gasteiger partial charge is 0.253 e. The predicted octanol–water partition coefficient (Wildman–Crippen LogP) is 3.02. The van der Waals surface area contributed by atoms with Crippen molar-refractivity contribution in [3.05, 3.63) is 56.5 Å². The fraction of sp³-hybridized carbons (Fsp3) is 0.657. The number of aromatic amines is 1. The summed E-state index contributed by atoms with van der Waals surface area (Å²) in [7, 11) is 3.92. The van der Waals surface area contributed by atoms with Crippen molar-refractivity contribution in [2.75, 3.05) is 78.2 Å². The lowest BCUT2D eigenvalue weighted by Crippen LogP contribution is -2.44. The largest absolute Gasteiger partial charge is 0.491 e. The van der Waals surface area contributed by atoms with E-state index in [-0.39, 0.29) is 24.6 Å². The van der Waals surface area contributed by atoms with Crippen LogP contribution in [0.15, 0.2) is 23.0 Å². The van der Waals surface area contributed by atoms with Gasteiger partial charge in [0, 0.05) is 87.0 Å². The number of anilines is 1. The molecule has 2 aromatic rings. The van der Waals surface area contributed by atoms with Gasteiger partial charge in [0.15, 0.2) is 0 Å². The number of hydrogen-bond donors (Lipinski definition) is 3. The lowest BCUT2D eigenvalue weighted by molar-refractivity contribution is 0.00465. The van der Waals surface area contributed by atoms with Crippen LogP contribution in [-0.4, -0.2) is 117 Å². The van der Waals surface area contributed by atoms with Gasteiger partial charge in [-0.1, -0.05) is 0 Å². The molecule has 1 aromatic carbocycles. The molecular formula is C35H55N5O6. The molecule has 1 amide bonds. The van der Waals surface area contributed by atoms with E-state index >= 15 is 0 Å². The third kappa shape index (κ3) is 9.54. The Morgan fingerprint density at radius 3 is 2.48 bits per heavy atom. The molecule has 3 N–H and O–H groups in total. The van der Waals surface area contributed by atoms with Gasteiger partial charge in [-0.15, -0.1) is 0 Å². The van der Waals surface area contributed by atoms with E-state index in [0.717, 1.165) is 81.0 Å². The zero-order valence-corrected chi connectivity index (χ0v) is 28.7. The fourth-order valence-corrected chi connectivity index (χ4v) is 6.84. The maximum Gasteiger partial charge on any atom is 0.253 e. The SMILES string of the molecule is CCN(c1cc(OCC(O)CN2CCOCC2)cc(C(=O)NCc2c(C)cc(C)[nH]c2=O)c1C)[C@H]1CC[C@H](N(C)CCOC)CC1. The summed E-state index contributed by atoms with van der Waals surface area (Å²) in [6, 6.07) is 6.55. The quantitative estimate of drug-likeness (QED) is 0.270. The summed E-state index contributed by atoms with van der Waals surface area (Å²) in [5, 5.41) is 13.8. The molecule has 11 nitrogen and oxygen atoms in total. The van der Waals surface area contributed by atoms with Crippen LogP contribution in [-0.2, 0) is 16.0 Å². The number of rotatable bonds is 15. The second-order valence-corrected chi connectivity index (χ2v) is 12.8. The number of carbonyl (C=O) groups excluding carboxylic acids is 1. The van der Waals surface area contributed by atoms with E-state index in [1.807, 2.05) is 32.9 Å². The van der Waals surface area contributed by atoms with Gasteiger partial charge in [0.2, 0.25) is 0 Å². The lowest BCUT2D eigenvalue weighted by Gasteiger charge is -2.41. The monoisotopic (exact) mass is 641 g/mol. The van der Waals surface area contributed by atoms with Crippen LogP contribution in [0.2, 0.25) is 0 Å². The van der Waals surface area contributed by atoms with E-state index in [0.29, 0.717) is 48.7 Å². The number of benzene rings is 1. The normalized spacial score (nSPS) is 19.7. The van der Waals surface area contributed by atoms with Crippen LogP contribution in [0.1, 0.15) is 65.3 Å². The molecule has 0 radical (unpaired) electrons. The number of aryl methyl sites for hydroxylation is 2. The number of β-amino-alcohol motifs (C(OH)–C–C–N with tert-alkyl or cyclic N) is 1. The van der Waals surface area contributed by atoms with Crippen molar-refractivity contribution in [3.63, 3.8) is 0 Å². The Morgan fingerprint density at radius 1 is 1.13 bits per heavy atom. The average molecular weight is 642 g/mol. The molecule has 1 aliphatic heterocycles. The van der Waals surface area contributed by atoms with Crippen molar-refractivity contribution in [2.24, 2.45) is 0 Å². The van der Waals surface area contributed by atoms with Crippen molar-refractivity contribution in [3.8, 4) is 5.75 Å². The molecule has 1 aromatic heterocycles. The third-order valence-corrected chi connectivity index (χ3v) is 9.56. The Bertz CT molecular complexity index is 1340. The van der Waals surface area contributed by atoms with Gasteiger partial charge < -0.3 is 39.4 Å². The molecule has 1 unspecified atom stereocenters. The first kappa shape index (κ1) is 35.9. The number of nitrogens with zero attached hydrogens (tertiary/aromatic N) is 3. The van der Waals surface area contributed by atoms with E-state index in [9.17, 15) is 14.7 Å². The summed E-state index contributed by atoms with van der Waals surface area (Å²) in [5.41, 5.74) is 4.31. The molecule has 2 aliphatic rings. The highest BCUT2D eigenvalue weighted by atomic mass is 16.5. The molecule has 1 atom stereocenters. The van der Waals surface area contributed by atoms with Crippen LogP contribution >= 0.6 is 0 Å². The number of hydrogen-bond acceptors (Lipinski definition) is 9. The van der Waals surface area contributed by atoms with Crippen molar-refractivity contribution in [1.82, 2.24) is 20.1 Å². The Balaban J connectivity index is 1.55. The molecule has 0 bridgehead atoms. The molecule has 2 fully saturated rings. The molecular weight excluding hydrogens is 586 g/mol. The van der Waals surface area contributed by atoms with Crippen LogP contribution in [0.3, 0.4) is 0 Å². The Morgan fingerprint density at radius 2 is 1.83 bits per heavy atom. The molecule has 46 heavy (non-hydrogen) atoms. The van der Waals surface area contributed by atoms with Crippen molar-refractivity contribution < 1.29 is 24.1 Å². The minimum atomic E-state index is -0.677. The lowest BCUT2D eigenvalue weighted by atomic mass is 9.88. The van der Waals surface area contributed by atoms with Gasteiger partial charge in [-0.05, 0) is 83.7 Å². The number of morpholine rings is 1. The number of amides is 1. The number of aliphatic hydroxyl groups excluding tert-OH is 1. The molecule has 256 valence electrons. The first-order valence-electron chi connectivity index (χ1n) is 16.8. The molecule has 1 saturated carbocycles. The Labute approximate surface area is 274 Å². The van der Waals surface area contributed by atoms with Crippen molar-refractivity contribution in [2.45, 2.75) is 78.1 Å². The summed E-state index contributed by atoms with van der Waals surface area (Å²) >= 11 is 0. The maximum absolute atomic E-state index is 13.7. The second-order valence-electron chi connectivity index (χ2n) is 12.8. The standard InChI is InChI=1S/C35H55N5O6/c1-7-40(28-10-8-27(9-11-28)38(5)12-15-44-6)33-20-30(46-23-29(41)22-39-13-16-45-17-14-39)19-31(26(33)4)34(42)36-21-32-24(2)18-25(3)37-35(32)43/h18-20,27-29,41H,7-17,21-23H2,1-6H3,(H,36,42)(H,37,43)/t27-,28-,29?. The van der Waals surface area contributed by atoms with Crippen molar-refractivity contribution in [1.29, 1.82) is 0 Å². The third-order valence-electron chi connectivity index (χ3n) is 9.56. The number of ether oxygens (including phenoxy) is 3. The number of aliphatic hydroxyl groups is 1. The zero-order valence-electron chi connectivity index (χ0n) is 28.7. The van der Waals surface area contributed by atoms with E-state index in [1.165, 1.54) is 0 Å². The van der Waals surface area contributed by atoms with Crippen molar-refractivity contribution >= 4 is 11.6 Å². The van der Waals surface area contributed by atoms with Crippen LogP contribution < -0.4 is 20.5 Å². The molecule has 4 rings (SSSR count). The second kappa shape index (κ2) is 17.3. The van der Waals surface area contributed by atoms with E-state index < -0.39 is 6.10 Å². The summed E-state index contributed by atoms with van der Waals surface area (Å²) in [6.45, 7) is 14.0. The fourth-order valence-electron chi connectivity index (χ4n) is 6.84. The van der Waals surface area contributed by atoms with E-state index in [4.69, 9.17) is 14.2 Å². The highest BCUT2D eigenvalue weighted by Gasteiger charge is 2.29. The minimum Gasteiger partial charge on any atom is -0.491 e. The van der Waals surface area contributed by atoms with Gasteiger partial charge in [-0.3, -0.25) is 14.5 Å². The van der Waals surface area contributed by atoms with Crippen LogP contribution in [0.5, 0.6) is 5.75 Å². The van der Waals surface area contributed by atoms with Gasteiger partial charge in [-0.25, -0.2) is 0 Å². The van der Waals surface area contributed by atoms with Crippen LogP contribution in [0.25, 0.3) is 0 Å². The average Bonchev–Trinajstić information content (AvgIpc) is 3.04. The minimum absolute atomic E-state index is 0.115. The van der Waals surface area contributed by atoms with E-state index in [2.05, 4.69) is 39.0 Å². The number of pyridine rings is 1. The van der Waals surface area contributed by atoms with Gasteiger partial charge in [-0.2, -0.15) is 0 Å². The zero-order chi connectivity index (χ0) is 33.2. The topological polar surface area (TPSA) is 120 Å². The number of H-pyrrole nitrogens is 1. The molecule has 0 spiro atoms. The van der Waals surface area contributed by atoms with Gasteiger partial charge in [0.25, 0.3) is 11.5 Å². The summed E-state index contributed by atoms with van der Waals surface area (Å²) in [4.78, 5) is 36.2. The molecule has 2 heterocycles. The molecule has 1 aliphatic carbocycles. The number of carbonyl (C=O) groups is 1. The summed E-state index contributed by atoms with van der Waals surface area (Å²) in [6.07, 6.45) is 3.62. The number of nitrogens with one attached hydrogen (secondary N) is 2. The molecule has 11 heteroatoms. The Hall–Kier alpha value is -2.96. The predicted molar refractivity (Wildman–Crippen MR) is 181 cm³/mol. The van der Waals surface area contributed by atoms with Gasteiger partial charge >= 0.3 is 0 Å². The first-order chi connectivity index (χ1) is 22.1. The highest BCUT2D eigenvalue weighted by Crippen LogP contribution is 2.35. The Kier molecular flexibility index (Phi) is 13.5. The van der Waals surface area contributed by atoms with Gasteiger partial charge in [0.1, 0.15) is 18.5 Å². The van der Waals surface area contributed by atoms with Gasteiger partial charge in [0.05, 0.1) is 19.8 Å². The maximum atomic E-state index is 13.7. The van der Waals surface area contributed by atoms with E-state index in [1.54, 1.807) is 13.2 Å². The summed E-state index contributed by atoms with van der Waals surface area (Å²) < 4.78 is 16.9. The number of likely N-dealkylation sites (N-methyl/N-ethyl adjacent to an activating group) is 1. The van der Waals surface area contributed by atoms with Crippen LogP contribution in [0, 0.1) is 20.8 Å². The summed E-state index contributed by atoms with van der Waals surface area (Å²) in [5.74, 6) is 0.277. The first-order valence-corrected chi connectivity index (χ1v) is 16.8. The highest BCUT2D eigenvalue weighted by molar-refractivity contribution is 5.97. The molecule has 1 saturated heterocycles.